The van der Waals surface area contributed by atoms with Crippen LogP contribution < -0.4 is 5.73 Å². The van der Waals surface area contributed by atoms with E-state index in [0.717, 1.165) is 11.1 Å². The van der Waals surface area contributed by atoms with E-state index in [1.54, 1.807) is 35.5 Å². The van der Waals surface area contributed by atoms with E-state index in [0.29, 0.717) is 11.7 Å². The van der Waals surface area contributed by atoms with Gasteiger partial charge in [0.1, 0.15) is 0 Å². The van der Waals surface area contributed by atoms with E-state index in [1.165, 1.54) is 0 Å². The van der Waals surface area contributed by atoms with E-state index in [2.05, 4.69) is 15.1 Å². The number of rotatable bonds is 2. The van der Waals surface area contributed by atoms with Crippen LogP contribution in [0, 0.1) is 0 Å². The number of nitrogens with zero attached hydrogens (tertiary/aromatic N) is 4. The summed E-state index contributed by atoms with van der Waals surface area (Å²) in [6.45, 7) is 0.289. The highest BCUT2D eigenvalue weighted by Gasteiger charge is 2.11. The molecule has 0 spiro atoms. The molecule has 0 radical (unpaired) electrons. The van der Waals surface area contributed by atoms with Crippen molar-refractivity contribution in [2.75, 3.05) is 0 Å². The van der Waals surface area contributed by atoms with Gasteiger partial charge in [0.05, 0.1) is 36.2 Å². The summed E-state index contributed by atoms with van der Waals surface area (Å²) in [5.74, 6) is 1.17. The van der Waals surface area contributed by atoms with E-state index < -0.39 is 0 Å². The average molecular weight is 215 g/mol. The van der Waals surface area contributed by atoms with E-state index >= 15 is 0 Å². The van der Waals surface area contributed by atoms with Gasteiger partial charge in [-0.1, -0.05) is 0 Å². The number of hydrogen-bond donors (Lipinski definition) is 1. The van der Waals surface area contributed by atoms with Crippen molar-refractivity contribution in [2.45, 2.75) is 6.54 Å². The first-order chi connectivity index (χ1) is 7.88. The SMILES string of the molecule is NCc1ncc(-c2cnn3ccncc23)o1. The second-order valence-corrected chi connectivity index (χ2v) is 3.29. The van der Waals surface area contributed by atoms with Crippen molar-refractivity contribution in [3.63, 3.8) is 0 Å². The van der Waals surface area contributed by atoms with Gasteiger partial charge in [-0.15, -0.1) is 0 Å². The maximum Gasteiger partial charge on any atom is 0.208 e. The normalized spacial score (nSPS) is 11.1. The average Bonchev–Trinajstić information content (AvgIpc) is 2.94. The molecule has 16 heavy (non-hydrogen) atoms. The van der Waals surface area contributed by atoms with E-state index in [9.17, 15) is 0 Å². The molecule has 3 aromatic rings. The molecule has 3 heterocycles. The summed E-state index contributed by atoms with van der Waals surface area (Å²) in [4.78, 5) is 8.10. The van der Waals surface area contributed by atoms with Gasteiger partial charge in [0.2, 0.25) is 5.89 Å². The van der Waals surface area contributed by atoms with Gasteiger partial charge in [-0.3, -0.25) is 4.98 Å². The second-order valence-electron chi connectivity index (χ2n) is 3.29. The Balaban J connectivity index is 2.18. The number of hydrogen-bond acceptors (Lipinski definition) is 5. The van der Waals surface area contributed by atoms with Crippen molar-refractivity contribution in [3.8, 4) is 11.3 Å². The monoisotopic (exact) mass is 215 g/mol. The van der Waals surface area contributed by atoms with Gasteiger partial charge < -0.3 is 10.2 Å². The van der Waals surface area contributed by atoms with Crippen LogP contribution in [0.2, 0.25) is 0 Å². The molecule has 0 saturated carbocycles. The summed E-state index contributed by atoms with van der Waals surface area (Å²) in [5.41, 5.74) is 7.18. The minimum atomic E-state index is 0.289. The lowest BCUT2D eigenvalue weighted by molar-refractivity contribution is 0.510. The molecule has 0 amide bonds. The van der Waals surface area contributed by atoms with Crippen LogP contribution in [0.15, 0.2) is 35.4 Å². The lowest BCUT2D eigenvalue weighted by atomic mass is 10.2. The fourth-order valence-electron chi connectivity index (χ4n) is 1.55. The highest BCUT2D eigenvalue weighted by Crippen LogP contribution is 2.24. The van der Waals surface area contributed by atoms with Crippen molar-refractivity contribution in [1.82, 2.24) is 19.6 Å². The molecule has 0 aliphatic carbocycles. The lowest BCUT2D eigenvalue weighted by Gasteiger charge is -1.93. The van der Waals surface area contributed by atoms with Crippen LogP contribution in [0.25, 0.3) is 16.8 Å². The Kier molecular flexibility index (Phi) is 1.94. The molecule has 6 heteroatoms. The molecule has 0 saturated heterocycles. The van der Waals surface area contributed by atoms with Crippen molar-refractivity contribution in [2.24, 2.45) is 5.73 Å². The molecule has 0 atom stereocenters. The quantitative estimate of drug-likeness (QED) is 0.685. The summed E-state index contributed by atoms with van der Waals surface area (Å²) in [5, 5.41) is 4.19. The Hall–Kier alpha value is -2.21. The Morgan fingerprint density at radius 2 is 2.25 bits per heavy atom. The van der Waals surface area contributed by atoms with Crippen molar-refractivity contribution in [3.05, 3.63) is 36.9 Å². The standard InChI is InChI=1S/C10H9N5O/c11-3-10-13-6-9(16-10)7-4-14-15-2-1-12-5-8(7)15/h1-2,4-6H,3,11H2. The molecule has 80 valence electrons. The Morgan fingerprint density at radius 1 is 1.31 bits per heavy atom. The van der Waals surface area contributed by atoms with Crippen molar-refractivity contribution >= 4 is 5.52 Å². The first-order valence-corrected chi connectivity index (χ1v) is 4.81. The first-order valence-electron chi connectivity index (χ1n) is 4.81. The number of aromatic nitrogens is 4. The van der Waals surface area contributed by atoms with Crippen molar-refractivity contribution < 1.29 is 4.42 Å². The van der Waals surface area contributed by atoms with Gasteiger partial charge in [-0.2, -0.15) is 5.10 Å². The largest absolute Gasteiger partial charge is 0.439 e. The van der Waals surface area contributed by atoms with Gasteiger partial charge in [0.15, 0.2) is 5.76 Å². The molecule has 3 rings (SSSR count). The summed E-state index contributed by atoms with van der Waals surface area (Å²) in [6, 6.07) is 0. The Labute approximate surface area is 90.7 Å². The molecule has 0 fully saturated rings. The van der Waals surface area contributed by atoms with Crippen LogP contribution in [0.1, 0.15) is 5.89 Å². The summed E-state index contributed by atoms with van der Waals surface area (Å²) in [7, 11) is 0. The highest BCUT2D eigenvalue weighted by molar-refractivity contribution is 5.75. The van der Waals surface area contributed by atoms with Crippen LogP contribution >= 0.6 is 0 Å². The van der Waals surface area contributed by atoms with Gasteiger partial charge in [-0.25, -0.2) is 9.50 Å². The topological polar surface area (TPSA) is 82.2 Å². The zero-order valence-corrected chi connectivity index (χ0v) is 8.37. The molecule has 3 aromatic heterocycles. The molecule has 0 unspecified atom stereocenters. The number of oxazole rings is 1. The zero-order valence-electron chi connectivity index (χ0n) is 8.37. The minimum Gasteiger partial charge on any atom is -0.439 e. The summed E-state index contributed by atoms with van der Waals surface area (Å²) in [6.07, 6.45) is 8.55. The maximum atomic E-state index is 5.47. The van der Waals surface area contributed by atoms with Crippen LogP contribution in [0.5, 0.6) is 0 Å². The third-order valence-electron chi connectivity index (χ3n) is 2.32. The highest BCUT2D eigenvalue weighted by atomic mass is 16.4. The molecular weight excluding hydrogens is 206 g/mol. The van der Waals surface area contributed by atoms with Crippen molar-refractivity contribution in [1.29, 1.82) is 0 Å². The summed E-state index contributed by atoms with van der Waals surface area (Å²) >= 11 is 0. The van der Waals surface area contributed by atoms with Gasteiger partial charge in [0, 0.05) is 12.4 Å². The van der Waals surface area contributed by atoms with Gasteiger partial charge in [-0.05, 0) is 0 Å². The molecule has 0 bridgehead atoms. The van der Waals surface area contributed by atoms with E-state index in [1.807, 2.05) is 0 Å². The van der Waals surface area contributed by atoms with Gasteiger partial charge >= 0.3 is 0 Å². The lowest BCUT2D eigenvalue weighted by Crippen LogP contribution is -1.94. The van der Waals surface area contributed by atoms with Crippen LogP contribution in [-0.4, -0.2) is 19.6 Å². The van der Waals surface area contributed by atoms with Crippen LogP contribution in [-0.2, 0) is 6.54 Å². The first kappa shape index (κ1) is 9.05. The summed E-state index contributed by atoms with van der Waals surface area (Å²) < 4.78 is 7.20. The third kappa shape index (κ3) is 1.28. The Bertz CT molecular complexity index is 627. The molecule has 0 aliphatic rings. The minimum absolute atomic E-state index is 0.289. The molecule has 0 aliphatic heterocycles. The number of nitrogens with two attached hydrogens (primary N) is 1. The van der Waals surface area contributed by atoms with Crippen LogP contribution in [0.3, 0.4) is 0 Å². The molecule has 0 aromatic carbocycles. The zero-order chi connectivity index (χ0) is 11.0. The fraction of sp³-hybridized carbons (Fsp3) is 0.100. The molecule has 6 nitrogen and oxygen atoms in total. The maximum absolute atomic E-state index is 5.47. The van der Waals surface area contributed by atoms with Gasteiger partial charge in [0.25, 0.3) is 0 Å². The molecule has 2 N–H and O–H groups in total. The molecular formula is C10H9N5O. The van der Waals surface area contributed by atoms with E-state index in [4.69, 9.17) is 10.2 Å². The van der Waals surface area contributed by atoms with Crippen LogP contribution in [0.4, 0.5) is 0 Å². The fourth-order valence-corrected chi connectivity index (χ4v) is 1.55. The predicted octanol–water partition coefficient (Wildman–Crippen LogP) is 0.843. The predicted molar refractivity (Wildman–Crippen MR) is 56.4 cm³/mol. The van der Waals surface area contributed by atoms with E-state index in [-0.39, 0.29) is 6.54 Å². The third-order valence-corrected chi connectivity index (χ3v) is 2.32. The smallest absolute Gasteiger partial charge is 0.208 e. The number of fused-ring (bicyclic) bond motifs is 1. The Morgan fingerprint density at radius 3 is 3.06 bits per heavy atom. The second kappa shape index (κ2) is 3.42.